The molecular formula is C26H16O4S2. The average Bonchev–Trinajstić information content (AvgIpc) is 2.82. The number of fused-ring (bicyclic) bond motifs is 2. The van der Waals surface area contributed by atoms with Gasteiger partial charge in [-0.2, -0.15) is 0 Å². The second kappa shape index (κ2) is 8.22. The van der Waals surface area contributed by atoms with E-state index in [-0.39, 0.29) is 11.1 Å². The molecule has 0 amide bonds. The van der Waals surface area contributed by atoms with E-state index < -0.39 is 11.9 Å². The molecule has 1 aliphatic rings. The molecule has 0 fully saturated rings. The summed E-state index contributed by atoms with van der Waals surface area (Å²) in [5.41, 5.74) is 4.19. The van der Waals surface area contributed by atoms with Gasteiger partial charge in [0.1, 0.15) is 0 Å². The second-order valence-corrected chi connectivity index (χ2v) is 9.47. The van der Waals surface area contributed by atoms with E-state index >= 15 is 0 Å². The van der Waals surface area contributed by atoms with Crippen LogP contribution in [0.3, 0.4) is 0 Å². The molecule has 0 aliphatic carbocycles. The normalized spacial score (nSPS) is 12.0. The van der Waals surface area contributed by atoms with Gasteiger partial charge in [0.2, 0.25) is 0 Å². The van der Waals surface area contributed by atoms with Gasteiger partial charge in [0.05, 0.1) is 11.1 Å². The first-order valence-electron chi connectivity index (χ1n) is 9.79. The van der Waals surface area contributed by atoms with Gasteiger partial charge < -0.3 is 10.2 Å². The summed E-state index contributed by atoms with van der Waals surface area (Å²) in [6.07, 6.45) is 0. The number of aromatic carboxylic acids is 2. The molecule has 0 atom stereocenters. The number of hydrogen-bond donors (Lipinski definition) is 2. The molecule has 4 aromatic carbocycles. The van der Waals surface area contributed by atoms with Crippen molar-refractivity contribution in [3.8, 4) is 22.3 Å². The molecule has 0 saturated carbocycles. The summed E-state index contributed by atoms with van der Waals surface area (Å²) in [5.74, 6) is -1.88. The van der Waals surface area contributed by atoms with Crippen LogP contribution in [0.5, 0.6) is 0 Å². The number of benzene rings is 4. The van der Waals surface area contributed by atoms with Gasteiger partial charge in [0.15, 0.2) is 0 Å². The maximum atomic E-state index is 11.3. The molecule has 0 bridgehead atoms. The summed E-state index contributed by atoms with van der Waals surface area (Å²) < 4.78 is 0. The van der Waals surface area contributed by atoms with Crippen LogP contribution in [0.4, 0.5) is 0 Å². The van der Waals surface area contributed by atoms with Crippen LogP contribution in [-0.4, -0.2) is 22.2 Å². The Hall–Kier alpha value is -3.48. The van der Waals surface area contributed by atoms with E-state index in [1.54, 1.807) is 59.9 Å². The van der Waals surface area contributed by atoms with E-state index in [9.17, 15) is 19.8 Å². The Morgan fingerprint density at radius 2 is 0.906 bits per heavy atom. The first-order chi connectivity index (χ1) is 15.5. The minimum atomic E-state index is -0.942. The predicted octanol–water partition coefficient (Wildman–Crippen LogP) is 7.03. The van der Waals surface area contributed by atoms with Gasteiger partial charge in [-0.3, -0.25) is 0 Å². The van der Waals surface area contributed by atoms with Gasteiger partial charge in [-0.25, -0.2) is 9.59 Å². The van der Waals surface area contributed by atoms with Crippen molar-refractivity contribution in [2.75, 3.05) is 0 Å². The van der Waals surface area contributed by atoms with Gasteiger partial charge in [-0.05, 0) is 70.8 Å². The molecule has 6 heteroatoms. The highest BCUT2D eigenvalue weighted by molar-refractivity contribution is 8.05. The molecular weight excluding hydrogens is 440 g/mol. The molecule has 0 radical (unpaired) electrons. The van der Waals surface area contributed by atoms with E-state index in [2.05, 4.69) is 24.3 Å². The van der Waals surface area contributed by atoms with Gasteiger partial charge in [0.25, 0.3) is 0 Å². The minimum Gasteiger partial charge on any atom is -0.478 e. The summed E-state index contributed by atoms with van der Waals surface area (Å²) in [6, 6.07) is 26.3. The summed E-state index contributed by atoms with van der Waals surface area (Å²) in [5, 5.41) is 18.6. The molecule has 1 heterocycles. The number of carboxylic acids is 2. The van der Waals surface area contributed by atoms with Crippen LogP contribution in [0.2, 0.25) is 0 Å². The summed E-state index contributed by atoms with van der Waals surface area (Å²) in [6.45, 7) is 0. The molecule has 4 aromatic rings. The molecule has 32 heavy (non-hydrogen) atoms. The van der Waals surface area contributed by atoms with Crippen molar-refractivity contribution in [3.63, 3.8) is 0 Å². The molecule has 4 nitrogen and oxygen atoms in total. The Kier molecular flexibility index (Phi) is 5.25. The lowest BCUT2D eigenvalue weighted by molar-refractivity contribution is 0.0686. The van der Waals surface area contributed by atoms with Crippen LogP contribution < -0.4 is 0 Å². The smallest absolute Gasteiger partial charge is 0.335 e. The zero-order valence-corrected chi connectivity index (χ0v) is 18.2. The van der Waals surface area contributed by atoms with Crippen molar-refractivity contribution >= 4 is 35.5 Å². The third-order valence-corrected chi connectivity index (χ3v) is 7.74. The Morgan fingerprint density at radius 1 is 0.500 bits per heavy atom. The SMILES string of the molecule is O=C(O)c1cccc(-c2ccc3c(c2)Sc2cc(-c4cccc(C(=O)O)c4)ccc2S3)c1. The standard InChI is InChI=1S/C26H16O4S2/c27-25(28)19-5-1-3-15(11-19)17-7-9-21-23(13-17)32-24-14-18(8-10-22(24)31-21)16-4-2-6-20(12-16)26(29)30/h1-14H,(H,27,28)(H,29,30). The number of rotatable bonds is 4. The van der Waals surface area contributed by atoms with E-state index in [0.717, 1.165) is 41.8 Å². The molecule has 0 aromatic heterocycles. The number of hydrogen-bond acceptors (Lipinski definition) is 4. The minimum absolute atomic E-state index is 0.265. The monoisotopic (exact) mass is 456 g/mol. The summed E-state index contributed by atoms with van der Waals surface area (Å²) in [4.78, 5) is 27.2. The van der Waals surface area contributed by atoms with Crippen molar-refractivity contribution in [1.29, 1.82) is 0 Å². The molecule has 1 aliphatic heterocycles. The fraction of sp³-hybridized carbons (Fsp3) is 0. The van der Waals surface area contributed by atoms with Crippen LogP contribution in [0, 0.1) is 0 Å². The fourth-order valence-electron chi connectivity index (χ4n) is 3.60. The van der Waals surface area contributed by atoms with E-state index in [1.165, 1.54) is 0 Å². The number of carbonyl (C=O) groups is 2. The third kappa shape index (κ3) is 3.90. The maximum Gasteiger partial charge on any atom is 0.335 e. The quantitative estimate of drug-likeness (QED) is 0.302. The van der Waals surface area contributed by atoms with Crippen LogP contribution in [-0.2, 0) is 0 Å². The maximum absolute atomic E-state index is 11.3. The largest absolute Gasteiger partial charge is 0.478 e. The Labute approximate surface area is 192 Å². The Bertz CT molecular complexity index is 1290. The lowest BCUT2D eigenvalue weighted by atomic mass is 10.0. The zero-order valence-electron chi connectivity index (χ0n) is 16.6. The van der Waals surface area contributed by atoms with Crippen LogP contribution in [0.25, 0.3) is 22.3 Å². The Balaban J connectivity index is 1.49. The van der Waals surface area contributed by atoms with E-state index in [1.807, 2.05) is 24.3 Å². The third-order valence-electron chi connectivity index (χ3n) is 5.21. The highest BCUT2D eigenvalue weighted by Gasteiger charge is 2.19. The van der Waals surface area contributed by atoms with Crippen LogP contribution >= 0.6 is 23.5 Å². The van der Waals surface area contributed by atoms with Crippen molar-refractivity contribution in [1.82, 2.24) is 0 Å². The topological polar surface area (TPSA) is 74.6 Å². The van der Waals surface area contributed by atoms with Gasteiger partial charge >= 0.3 is 11.9 Å². The van der Waals surface area contributed by atoms with Gasteiger partial charge in [0, 0.05) is 19.6 Å². The first kappa shape index (κ1) is 20.4. The molecule has 0 saturated heterocycles. The summed E-state index contributed by atoms with van der Waals surface area (Å²) in [7, 11) is 0. The highest BCUT2D eigenvalue weighted by Crippen LogP contribution is 2.50. The van der Waals surface area contributed by atoms with Crippen molar-refractivity contribution in [2.24, 2.45) is 0 Å². The van der Waals surface area contributed by atoms with E-state index in [4.69, 9.17) is 0 Å². The zero-order chi connectivity index (χ0) is 22.2. The fourth-order valence-corrected chi connectivity index (χ4v) is 5.88. The molecule has 0 unspecified atom stereocenters. The highest BCUT2D eigenvalue weighted by atomic mass is 32.2. The summed E-state index contributed by atoms with van der Waals surface area (Å²) >= 11 is 3.37. The van der Waals surface area contributed by atoms with Crippen molar-refractivity contribution < 1.29 is 19.8 Å². The van der Waals surface area contributed by atoms with Crippen molar-refractivity contribution in [2.45, 2.75) is 19.6 Å². The lowest BCUT2D eigenvalue weighted by Gasteiger charge is -2.20. The molecule has 5 rings (SSSR count). The molecule has 156 valence electrons. The Morgan fingerprint density at radius 3 is 1.34 bits per heavy atom. The average molecular weight is 457 g/mol. The number of carboxylic acid groups (broad SMARTS) is 2. The first-order valence-corrected chi connectivity index (χ1v) is 11.4. The van der Waals surface area contributed by atoms with E-state index in [0.29, 0.717) is 0 Å². The molecule has 0 spiro atoms. The van der Waals surface area contributed by atoms with Crippen LogP contribution in [0.1, 0.15) is 20.7 Å². The van der Waals surface area contributed by atoms with Gasteiger partial charge in [-0.1, -0.05) is 59.9 Å². The molecule has 2 N–H and O–H groups in total. The predicted molar refractivity (Wildman–Crippen MR) is 126 cm³/mol. The second-order valence-electron chi connectivity index (χ2n) is 7.30. The van der Waals surface area contributed by atoms with Gasteiger partial charge in [-0.15, -0.1) is 0 Å². The van der Waals surface area contributed by atoms with Crippen molar-refractivity contribution in [3.05, 3.63) is 96.1 Å². The van der Waals surface area contributed by atoms with Crippen LogP contribution in [0.15, 0.2) is 105 Å². The lowest BCUT2D eigenvalue weighted by Crippen LogP contribution is -1.96.